The van der Waals surface area contributed by atoms with Gasteiger partial charge in [0.05, 0.1) is 24.1 Å². The Bertz CT molecular complexity index is 1390. The van der Waals surface area contributed by atoms with Gasteiger partial charge in [0.2, 0.25) is 10.0 Å². The quantitative estimate of drug-likeness (QED) is 0.238. The van der Waals surface area contributed by atoms with Crippen LogP contribution in [0.25, 0.3) is 0 Å². The van der Waals surface area contributed by atoms with Crippen molar-refractivity contribution in [3.05, 3.63) is 83.9 Å². The van der Waals surface area contributed by atoms with Crippen molar-refractivity contribution in [2.45, 2.75) is 38.5 Å². The number of esters is 1. The lowest BCUT2D eigenvalue weighted by Gasteiger charge is -2.34. The number of aliphatic hydroxyl groups excluding tert-OH is 1. The maximum absolute atomic E-state index is 11.9. The second-order valence-electron chi connectivity index (χ2n) is 10.2. The maximum Gasteiger partial charge on any atom is 0.338 e. The topological polar surface area (TPSA) is 126 Å². The number of carbonyl (C=O) groups excluding carboxylic acids is 1. The first-order chi connectivity index (χ1) is 20.2. The Morgan fingerprint density at radius 3 is 2.40 bits per heavy atom. The molecule has 1 atom stereocenters. The molecule has 1 fully saturated rings. The Hall–Kier alpha value is -3.80. The molecule has 42 heavy (non-hydrogen) atoms. The lowest BCUT2D eigenvalue weighted by Crippen LogP contribution is -2.45. The molecule has 0 amide bonds. The molecule has 11 heteroatoms. The molecule has 0 aromatic heterocycles. The van der Waals surface area contributed by atoms with Gasteiger partial charge in [0.1, 0.15) is 30.8 Å². The van der Waals surface area contributed by atoms with Crippen molar-refractivity contribution in [3.8, 4) is 11.5 Å². The van der Waals surface area contributed by atoms with Gasteiger partial charge < -0.3 is 29.5 Å². The number of carbonyl (C=O) groups is 1. The van der Waals surface area contributed by atoms with E-state index in [1.54, 1.807) is 37.3 Å². The number of nitrogens with one attached hydrogen (secondary N) is 2. The summed E-state index contributed by atoms with van der Waals surface area (Å²) in [5.41, 5.74) is 2.83. The molecule has 0 aliphatic carbocycles. The van der Waals surface area contributed by atoms with E-state index in [2.05, 4.69) is 14.9 Å². The molecular formula is C31H39N3O7S. The van der Waals surface area contributed by atoms with Crippen LogP contribution in [0.1, 0.15) is 35.7 Å². The van der Waals surface area contributed by atoms with Gasteiger partial charge in [-0.15, -0.1) is 0 Å². The van der Waals surface area contributed by atoms with Crippen molar-refractivity contribution in [1.82, 2.24) is 5.32 Å². The number of aliphatic hydroxyl groups is 1. The average molecular weight is 598 g/mol. The highest BCUT2D eigenvalue weighted by Crippen LogP contribution is 2.31. The summed E-state index contributed by atoms with van der Waals surface area (Å²) in [7, 11) is -3.55. The van der Waals surface area contributed by atoms with Crippen molar-refractivity contribution in [2.75, 3.05) is 48.7 Å². The predicted molar refractivity (Wildman–Crippen MR) is 163 cm³/mol. The van der Waals surface area contributed by atoms with Crippen LogP contribution in [-0.4, -0.2) is 70.7 Å². The summed E-state index contributed by atoms with van der Waals surface area (Å²) in [6.45, 7) is 4.55. The molecule has 0 saturated carbocycles. The van der Waals surface area contributed by atoms with E-state index in [0.29, 0.717) is 30.2 Å². The molecule has 1 aliphatic rings. The Balaban J connectivity index is 1.22. The van der Waals surface area contributed by atoms with Gasteiger partial charge in [0, 0.05) is 37.4 Å². The molecule has 0 radical (unpaired) electrons. The summed E-state index contributed by atoms with van der Waals surface area (Å²) in [6, 6.07) is 22.2. The maximum atomic E-state index is 11.9. The van der Waals surface area contributed by atoms with E-state index < -0.39 is 16.1 Å². The van der Waals surface area contributed by atoms with Crippen molar-refractivity contribution in [2.24, 2.45) is 0 Å². The second-order valence-corrected chi connectivity index (χ2v) is 12.0. The van der Waals surface area contributed by atoms with Gasteiger partial charge in [-0.25, -0.2) is 13.2 Å². The number of hydrogen-bond acceptors (Lipinski definition) is 9. The SMILES string of the molecule is CCOC(=O)c1ccc(N2CCC(NCC(O)COc3ccc(OCc4ccccc4)c(NS(C)(=O)=O)c3)CC2)cc1. The Labute approximate surface area is 247 Å². The summed E-state index contributed by atoms with van der Waals surface area (Å²) >= 11 is 0. The van der Waals surface area contributed by atoms with Crippen LogP contribution < -0.4 is 24.4 Å². The normalized spacial score (nSPS) is 14.7. The number of benzene rings is 3. The molecular weight excluding hydrogens is 558 g/mol. The van der Waals surface area contributed by atoms with E-state index in [1.807, 2.05) is 42.5 Å². The number of sulfonamides is 1. The van der Waals surface area contributed by atoms with Crippen LogP contribution in [-0.2, 0) is 21.4 Å². The van der Waals surface area contributed by atoms with Crippen molar-refractivity contribution < 1.29 is 32.5 Å². The Morgan fingerprint density at radius 2 is 1.74 bits per heavy atom. The smallest absolute Gasteiger partial charge is 0.338 e. The minimum absolute atomic E-state index is 0.0429. The minimum Gasteiger partial charge on any atom is -0.491 e. The second kappa shape index (κ2) is 14.9. The lowest BCUT2D eigenvalue weighted by molar-refractivity contribution is 0.0526. The zero-order chi connectivity index (χ0) is 30.0. The van der Waals surface area contributed by atoms with Gasteiger partial charge >= 0.3 is 5.97 Å². The molecule has 3 aromatic rings. The van der Waals surface area contributed by atoms with Crippen LogP contribution in [0.4, 0.5) is 11.4 Å². The third-order valence-corrected chi connectivity index (χ3v) is 7.40. The number of rotatable bonds is 14. The molecule has 0 bridgehead atoms. The zero-order valence-electron chi connectivity index (χ0n) is 24.0. The highest BCUT2D eigenvalue weighted by molar-refractivity contribution is 7.92. The van der Waals surface area contributed by atoms with Crippen LogP contribution in [0, 0.1) is 0 Å². The van der Waals surface area contributed by atoms with E-state index in [-0.39, 0.29) is 30.9 Å². The zero-order valence-corrected chi connectivity index (χ0v) is 24.8. The Morgan fingerprint density at radius 1 is 1.02 bits per heavy atom. The van der Waals surface area contributed by atoms with Crippen molar-refractivity contribution >= 4 is 27.4 Å². The van der Waals surface area contributed by atoms with Gasteiger partial charge in [0.25, 0.3) is 0 Å². The molecule has 10 nitrogen and oxygen atoms in total. The van der Waals surface area contributed by atoms with Gasteiger partial charge in [0.15, 0.2) is 0 Å². The average Bonchev–Trinajstić information content (AvgIpc) is 2.99. The third kappa shape index (κ3) is 9.64. The largest absolute Gasteiger partial charge is 0.491 e. The molecule has 3 aromatic carbocycles. The molecule has 1 saturated heterocycles. The highest BCUT2D eigenvalue weighted by Gasteiger charge is 2.21. The summed E-state index contributed by atoms with van der Waals surface area (Å²) in [5, 5.41) is 14.0. The summed E-state index contributed by atoms with van der Waals surface area (Å²) in [5.74, 6) is 0.472. The molecule has 226 valence electrons. The number of anilines is 2. The van der Waals surface area contributed by atoms with E-state index in [4.69, 9.17) is 14.2 Å². The first-order valence-electron chi connectivity index (χ1n) is 14.0. The van der Waals surface area contributed by atoms with Crippen LogP contribution in [0.3, 0.4) is 0 Å². The standard InChI is InChI=1S/C31H39N3O7S/c1-3-39-31(36)24-9-11-26(12-10-24)34-17-15-25(16-18-34)32-20-27(35)22-40-28-13-14-30(29(19-28)33-42(2,37)38)41-21-23-7-5-4-6-8-23/h4-14,19,25,27,32-33,35H,3,15-18,20-22H2,1-2H3. The van der Waals surface area contributed by atoms with Gasteiger partial charge in [-0.3, -0.25) is 4.72 Å². The van der Waals surface area contributed by atoms with Crippen molar-refractivity contribution in [1.29, 1.82) is 0 Å². The van der Waals surface area contributed by atoms with E-state index >= 15 is 0 Å². The lowest BCUT2D eigenvalue weighted by atomic mass is 10.0. The van der Waals surface area contributed by atoms with E-state index in [9.17, 15) is 18.3 Å². The van der Waals surface area contributed by atoms with Crippen LogP contribution in [0.5, 0.6) is 11.5 Å². The first-order valence-corrected chi connectivity index (χ1v) is 15.9. The first kappa shape index (κ1) is 31.1. The third-order valence-electron chi connectivity index (χ3n) is 6.81. The van der Waals surface area contributed by atoms with Gasteiger partial charge in [-0.1, -0.05) is 30.3 Å². The van der Waals surface area contributed by atoms with Crippen LogP contribution in [0.15, 0.2) is 72.8 Å². The number of hydrogen-bond donors (Lipinski definition) is 3. The summed E-state index contributed by atoms with van der Waals surface area (Å²) in [6.07, 6.45) is 2.15. The summed E-state index contributed by atoms with van der Waals surface area (Å²) in [4.78, 5) is 14.2. The monoisotopic (exact) mass is 597 g/mol. The van der Waals surface area contributed by atoms with Gasteiger partial charge in [-0.2, -0.15) is 0 Å². The molecule has 4 rings (SSSR count). The Kier molecular flexibility index (Phi) is 11.0. The number of ether oxygens (including phenoxy) is 3. The van der Waals surface area contributed by atoms with E-state index in [0.717, 1.165) is 43.4 Å². The van der Waals surface area contributed by atoms with Crippen molar-refractivity contribution in [3.63, 3.8) is 0 Å². The molecule has 1 aliphatic heterocycles. The van der Waals surface area contributed by atoms with E-state index in [1.165, 1.54) is 0 Å². The fourth-order valence-electron chi connectivity index (χ4n) is 4.66. The number of piperidine rings is 1. The predicted octanol–water partition coefficient (Wildman–Crippen LogP) is 3.81. The fourth-order valence-corrected chi connectivity index (χ4v) is 5.22. The van der Waals surface area contributed by atoms with Gasteiger partial charge in [-0.05, 0) is 61.7 Å². The summed E-state index contributed by atoms with van der Waals surface area (Å²) < 4.78 is 43.0. The highest BCUT2D eigenvalue weighted by atomic mass is 32.2. The number of nitrogens with zero attached hydrogens (tertiary/aromatic N) is 1. The fraction of sp³-hybridized carbons (Fsp3) is 0.387. The minimum atomic E-state index is -3.55. The van der Waals surface area contributed by atoms with Crippen LogP contribution >= 0.6 is 0 Å². The molecule has 1 unspecified atom stereocenters. The molecule has 1 heterocycles. The molecule has 0 spiro atoms. The molecule has 3 N–H and O–H groups in total. The van der Waals surface area contributed by atoms with Crippen LogP contribution in [0.2, 0.25) is 0 Å².